The highest BCUT2D eigenvalue weighted by Crippen LogP contribution is 2.28. The Bertz CT molecular complexity index is 445. The van der Waals surface area contributed by atoms with E-state index in [0.717, 1.165) is 18.4 Å². The summed E-state index contributed by atoms with van der Waals surface area (Å²) in [5, 5.41) is 1.14. The van der Waals surface area contributed by atoms with Crippen molar-refractivity contribution in [3.8, 4) is 0 Å². The SMILES string of the molecule is CC1CCCC(C)N1C(=O)Cc1c(Cl)cccc1Cl. The Balaban J connectivity index is 2.16. The zero-order valence-electron chi connectivity index (χ0n) is 11.3. The van der Waals surface area contributed by atoms with Crippen LogP contribution in [0.1, 0.15) is 38.7 Å². The molecule has 1 aliphatic heterocycles. The first kappa shape index (κ1) is 14.7. The fourth-order valence-electron chi connectivity index (χ4n) is 2.86. The van der Waals surface area contributed by atoms with E-state index in [-0.39, 0.29) is 12.3 Å². The first-order valence-electron chi connectivity index (χ1n) is 6.74. The molecule has 1 heterocycles. The number of likely N-dealkylation sites (tertiary alicyclic amines) is 1. The van der Waals surface area contributed by atoms with Crippen LogP contribution in [0, 0.1) is 0 Å². The van der Waals surface area contributed by atoms with Gasteiger partial charge in [-0.15, -0.1) is 0 Å². The molecule has 104 valence electrons. The number of hydrogen-bond donors (Lipinski definition) is 0. The van der Waals surface area contributed by atoms with E-state index < -0.39 is 0 Å². The Labute approximate surface area is 124 Å². The summed E-state index contributed by atoms with van der Waals surface area (Å²) in [7, 11) is 0. The summed E-state index contributed by atoms with van der Waals surface area (Å²) in [5.74, 6) is 0.120. The second-order valence-electron chi connectivity index (χ2n) is 5.31. The Hall–Kier alpha value is -0.730. The average molecular weight is 300 g/mol. The smallest absolute Gasteiger partial charge is 0.227 e. The van der Waals surface area contributed by atoms with Gasteiger partial charge in [0.1, 0.15) is 0 Å². The van der Waals surface area contributed by atoms with Gasteiger partial charge in [0.15, 0.2) is 0 Å². The second kappa shape index (κ2) is 6.15. The number of hydrogen-bond acceptors (Lipinski definition) is 1. The van der Waals surface area contributed by atoms with E-state index in [2.05, 4.69) is 13.8 Å². The third-order valence-electron chi connectivity index (χ3n) is 3.87. The molecule has 0 aromatic heterocycles. The van der Waals surface area contributed by atoms with Crippen LogP contribution in [0.4, 0.5) is 0 Å². The molecular formula is C15H19Cl2NO. The summed E-state index contributed by atoms with van der Waals surface area (Å²) < 4.78 is 0. The Morgan fingerprint density at radius 2 is 1.74 bits per heavy atom. The Morgan fingerprint density at radius 1 is 1.21 bits per heavy atom. The molecule has 1 saturated heterocycles. The Kier molecular flexibility index (Phi) is 4.75. The maximum Gasteiger partial charge on any atom is 0.227 e. The van der Waals surface area contributed by atoms with Crippen LogP contribution in [-0.2, 0) is 11.2 Å². The predicted molar refractivity (Wildman–Crippen MR) is 79.8 cm³/mol. The summed E-state index contributed by atoms with van der Waals surface area (Å²) in [6.07, 6.45) is 3.63. The number of amides is 1. The summed E-state index contributed by atoms with van der Waals surface area (Å²) in [5.41, 5.74) is 0.737. The highest BCUT2D eigenvalue weighted by atomic mass is 35.5. The molecule has 0 N–H and O–H groups in total. The first-order chi connectivity index (χ1) is 9.00. The van der Waals surface area contributed by atoms with Gasteiger partial charge in [-0.05, 0) is 50.8 Å². The van der Waals surface area contributed by atoms with E-state index in [4.69, 9.17) is 23.2 Å². The minimum absolute atomic E-state index is 0.120. The highest BCUT2D eigenvalue weighted by Gasteiger charge is 2.29. The molecule has 0 aliphatic carbocycles. The van der Waals surface area contributed by atoms with E-state index in [1.807, 2.05) is 4.90 Å². The third kappa shape index (κ3) is 3.24. The number of halogens is 2. The molecule has 1 aromatic rings. The van der Waals surface area contributed by atoms with Crippen LogP contribution in [0.25, 0.3) is 0 Å². The van der Waals surface area contributed by atoms with E-state index in [1.54, 1.807) is 18.2 Å². The number of benzene rings is 1. The molecule has 2 nitrogen and oxygen atoms in total. The van der Waals surface area contributed by atoms with Crippen LogP contribution in [0.15, 0.2) is 18.2 Å². The number of carbonyl (C=O) groups excluding carboxylic acids is 1. The number of rotatable bonds is 2. The normalized spacial score (nSPS) is 23.5. The molecule has 1 fully saturated rings. The molecule has 2 rings (SSSR count). The van der Waals surface area contributed by atoms with E-state index >= 15 is 0 Å². The molecule has 1 aromatic carbocycles. The van der Waals surface area contributed by atoms with Gasteiger partial charge in [0, 0.05) is 22.1 Å². The molecule has 0 saturated carbocycles. The maximum atomic E-state index is 12.5. The van der Waals surface area contributed by atoms with Gasteiger partial charge in [-0.25, -0.2) is 0 Å². The molecule has 0 radical (unpaired) electrons. The van der Waals surface area contributed by atoms with Crippen molar-refractivity contribution in [2.24, 2.45) is 0 Å². The lowest BCUT2D eigenvalue weighted by Gasteiger charge is -2.39. The zero-order valence-corrected chi connectivity index (χ0v) is 12.8. The van der Waals surface area contributed by atoms with Gasteiger partial charge >= 0.3 is 0 Å². The van der Waals surface area contributed by atoms with Gasteiger partial charge in [0.2, 0.25) is 5.91 Å². The standard InChI is InChI=1S/C15H19Cl2NO/c1-10-5-3-6-11(2)18(10)15(19)9-12-13(16)7-4-8-14(12)17/h4,7-8,10-11H,3,5-6,9H2,1-2H3. The van der Waals surface area contributed by atoms with Gasteiger partial charge in [0.05, 0.1) is 6.42 Å². The predicted octanol–water partition coefficient (Wildman–Crippen LogP) is 4.33. The summed E-state index contributed by atoms with van der Waals surface area (Å²) in [6, 6.07) is 5.96. The Morgan fingerprint density at radius 3 is 2.26 bits per heavy atom. The second-order valence-corrected chi connectivity index (χ2v) is 6.12. The zero-order chi connectivity index (χ0) is 14.0. The largest absolute Gasteiger partial charge is 0.337 e. The molecular weight excluding hydrogens is 281 g/mol. The van der Waals surface area contributed by atoms with E-state index in [1.165, 1.54) is 6.42 Å². The van der Waals surface area contributed by atoms with Gasteiger partial charge in [0.25, 0.3) is 0 Å². The quantitative estimate of drug-likeness (QED) is 0.796. The van der Waals surface area contributed by atoms with Crippen LogP contribution in [0.5, 0.6) is 0 Å². The van der Waals surface area contributed by atoms with Gasteiger partial charge in [-0.3, -0.25) is 4.79 Å². The van der Waals surface area contributed by atoms with E-state index in [9.17, 15) is 4.79 Å². The van der Waals surface area contributed by atoms with Gasteiger partial charge in [-0.1, -0.05) is 29.3 Å². The highest BCUT2D eigenvalue weighted by molar-refractivity contribution is 6.36. The fourth-order valence-corrected chi connectivity index (χ4v) is 3.39. The maximum absolute atomic E-state index is 12.5. The average Bonchev–Trinajstić information content (AvgIpc) is 2.34. The third-order valence-corrected chi connectivity index (χ3v) is 4.58. The van der Waals surface area contributed by atoms with Crippen molar-refractivity contribution in [1.29, 1.82) is 0 Å². The van der Waals surface area contributed by atoms with Crippen molar-refractivity contribution < 1.29 is 4.79 Å². The minimum atomic E-state index is 0.120. The molecule has 0 spiro atoms. The van der Waals surface area contributed by atoms with Crippen molar-refractivity contribution in [2.45, 2.75) is 51.6 Å². The summed E-state index contributed by atoms with van der Waals surface area (Å²) in [4.78, 5) is 14.5. The lowest BCUT2D eigenvalue weighted by molar-refractivity contribution is -0.136. The van der Waals surface area contributed by atoms with Crippen molar-refractivity contribution in [3.05, 3.63) is 33.8 Å². The van der Waals surface area contributed by atoms with Gasteiger partial charge in [-0.2, -0.15) is 0 Å². The topological polar surface area (TPSA) is 20.3 Å². The summed E-state index contributed by atoms with van der Waals surface area (Å²) in [6.45, 7) is 4.23. The number of nitrogens with zero attached hydrogens (tertiary/aromatic N) is 1. The van der Waals surface area contributed by atoms with Gasteiger partial charge < -0.3 is 4.90 Å². The van der Waals surface area contributed by atoms with Crippen molar-refractivity contribution >= 4 is 29.1 Å². The molecule has 1 amide bonds. The van der Waals surface area contributed by atoms with Crippen LogP contribution in [0.2, 0.25) is 10.0 Å². The van der Waals surface area contributed by atoms with Crippen molar-refractivity contribution in [2.75, 3.05) is 0 Å². The van der Waals surface area contributed by atoms with E-state index in [0.29, 0.717) is 22.1 Å². The number of carbonyl (C=O) groups is 1. The summed E-state index contributed by atoms with van der Waals surface area (Å²) >= 11 is 12.3. The molecule has 4 heteroatoms. The lowest BCUT2D eigenvalue weighted by atomic mass is 9.96. The minimum Gasteiger partial charge on any atom is -0.337 e. The molecule has 2 atom stereocenters. The monoisotopic (exact) mass is 299 g/mol. The number of piperidine rings is 1. The molecule has 2 unspecified atom stereocenters. The molecule has 19 heavy (non-hydrogen) atoms. The van der Waals surface area contributed by atoms with Crippen LogP contribution in [0.3, 0.4) is 0 Å². The van der Waals surface area contributed by atoms with Crippen LogP contribution < -0.4 is 0 Å². The van der Waals surface area contributed by atoms with Crippen molar-refractivity contribution in [1.82, 2.24) is 4.90 Å². The molecule has 0 bridgehead atoms. The van der Waals surface area contributed by atoms with Crippen molar-refractivity contribution in [3.63, 3.8) is 0 Å². The van der Waals surface area contributed by atoms with Crippen LogP contribution >= 0.6 is 23.2 Å². The first-order valence-corrected chi connectivity index (χ1v) is 7.50. The fraction of sp³-hybridized carbons (Fsp3) is 0.533. The lowest BCUT2D eigenvalue weighted by Crippen LogP contribution is -2.48. The van der Waals surface area contributed by atoms with Crippen LogP contribution in [-0.4, -0.2) is 22.9 Å². The molecule has 1 aliphatic rings.